The lowest BCUT2D eigenvalue weighted by atomic mass is 10.00. The molecule has 1 aliphatic carbocycles. The smallest absolute Gasteiger partial charge is 0.230 e. The molecular weight excluding hydrogens is 402 g/mol. The minimum atomic E-state index is -3.34. The van der Waals surface area contributed by atoms with Gasteiger partial charge in [-0.25, -0.2) is 8.42 Å². The summed E-state index contributed by atoms with van der Waals surface area (Å²) in [6.07, 6.45) is 2.95. The summed E-state index contributed by atoms with van der Waals surface area (Å²) in [7, 11) is -3.34. The van der Waals surface area contributed by atoms with E-state index in [0.717, 1.165) is 41.6 Å². The molecule has 1 N–H and O–H groups in total. The van der Waals surface area contributed by atoms with Crippen LogP contribution >= 0.6 is 0 Å². The Balaban J connectivity index is 1.73. The summed E-state index contributed by atoms with van der Waals surface area (Å²) in [4.78, 5) is 28.8. The number of sulfonamides is 1. The van der Waals surface area contributed by atoms with Gasteiger partial charge >= 0.3 is 0 Å². The predicted molar refractivity (Wildman–Crippen MR) is 118 cm³/mol. The molecule has 1 heterocycles. The van der Waals surface area contributed by atoms with Crippen molar-refractivity contribution in [1.82, 2.24) is 0 Å². The summed E-state index contributed by atoms with van der Waals surface area (Å²) in [5, 5.41) is 0. The van der Waals surface area contributed by atoms with Crippen molar-refractivity contribution in [3.05, 3.63) is 42.5 Å². The van der Waals surface area contributed by atoms with Crippen molar-refractivity contribution >= 4 is 38.9 Å². The molecule has 0 aromatic heterocycles. The highest BCUT2D eigenvalue weighted by molar-refractivity contribution is 7.92. The van der Waals surface area contributed by atoms with E-state index >= 15 is 0 Å². The molecular formula is C22H25N3O4S. The van der Waals surface area contributed by atoms with Crippen LogP contribution in [0, 0.1) is 5.92 Å². The van der Waals surface area contributed by atoms with Gasteiger partial charge in [0.05, 0.1) is 23.7 Å². The number of fused-ring (bicyclic) bond motifs is 1. The number of nitrogens with zero attached hydrogens (tertiary/aromatic N) is 2. The van der Waals surface area contributed by atoms with Crippen LogP contribution in [0.3, 0.4) is 0 Å². The highest BCUT2D eigenvalue weighted by Crippen LogP contribution is 2.42. The maximum atomic E-state index is 12.9. The number of carbonyl (C=O) groups excluding carboxylic acids is 2. The molecule has 0 spiro atoms. The van der Waals surface area contributed by atoms with Gasteiger partial charge in [-0.2, -0.15) is 0 Å². The van der Waals surface area contributed by atoms with E-state index in [1.807, 2.05) is 42.2 Å². The van der Waals surface area contributed by atoms with Crippen LogP contribution in [0.5, 0.6) is 0 Å². The largest absolute Gasteiger partial charge is 0.308 e. The van der Waals surface area contributed by atoms with Crippen LogP contribution in [0.2, 0.25) is 0 Å². The molecule has 1 saturated carbocycles. The van der Waals surface area contributed by atoms with Crippen molar-refractivity contribution in [2.24, 2.45) is 5.92 Å². The zero-order chi connectivity index (χ0) is 21.6. The SMILES string of the molecule is CC(=O)N1c2ccc(-c3ccc(NS(C)(=O)=O)cc3)cc2N(C(=O)C2CC2)C[C@@H]1C. The van der Waals surface area contributed by atoms with Crippen molar-refractivity contribution in [3.63, 3.8) is 0 Å². The Morgan fingerprint density at radius 2 is 1.63 bits per heavy atom. The second-order valence-electron chi connectivity index (χ2n) is 8.12. The van der Waals surface area contributed by atoms with Crippen LogP contribution in [0.4, 0.5) is 17.1 Å². The van der Waals surface area contributed by atoms with E-state index in [4.69, 9.17) is 0 Å². The van der Waals surface area contributed by atoms with Crippen molar-refractivity contribution < 1.29 is 18.0 Å². The van der Waals surface area contributed by atoms with Gasteiger partial charge in [0, 0.05) is 25.1 Å². The number of anilines is 3. The van der Waals surface area contributed by atoms with Gasteiger partial charge in [-0.05, 0) is 55.2 Å². The molecule has 0 radical (unpaired) electrons. The first-order valence-electron chi connectivity index (χ1n) is 9.97. The van der Waals surface area contributed by atoms with E-state index in [2.05, 4.69) is 4.72 Å². The van der Waals surface area contributed by atoms with Crippen LogP contribution in [0.1, 0.15) is 26.7 Å². The Morgan fingerprint density at radius 3 is 2.20 bits per heavy atom. The summed E-state index contributed by atoms with van der Waals surface area (Å²) >= 11 is 0. The molecule has 0 bridgehead atoms. The average Bonchev–Trinajstić information content (AvgIpc) is 3.51. The van der Waals surface area contributed by atoms with Crippen molar-refractivity contribution in [2.45, 2.75) is 32.7 Å². The second-order valence-corrected chi connectivity index (χ2v) is 9.86. The molecule has 30 heavy (non-hydrogen) atoms. The van der Waals surface area contributed by atoms with E-state index in [9.17, 15) is 18.0 Å². The standard InChI is InChI=1S/C22H25N3O4S/c1-14-13-24(22(27)17-4-5-17)21-12-18(8-11-20(21)25(14)15(2)26)16-6-9-19(10-7-16)23-30(3,28)29/h6-12,14,17,23H,4-5,13H2,1-3H3/t14-/m0/s1. The van der Waals surface area contributed by atoms with Gasteiger partial charge in [0.1, 0.15) is 0 Å². The monoisotopic (exact) mass is 427 g/mol. The molecule has 8 heteroatoms. The summed E-state index contributed by atoms with van der Waals surface area (Å²) in [6, 6.07) is 12.7. The summed E-state index contributed by atoms with van der Waals surface area (Å²) in [5.74, 6) is 0.154. The lowest BCUT2D eigenvalue weighted by molar-refractivity contribution is -0.120. The zero-order valence-corrected chi connectivity index (χ0v) is 18.1. The van der Waals surface area contributed by atoms with E-state index in [1.165, 1.54) is 0 Å². The third-order valence-corrected chi connectivity index (χ3v) is 6.07. The molecule has 2 aromatic carbocycles. The lowest BCUT2D eigenvalue weighted by Crippen LogP contribution is -2.51. The molecule has 0 unspecified atom stereocenters. The van der Waals surface area contributed by atoms with Gasteiger partial charge in [0.15, 0.2) is 0 Å². The minimum Gasteiger partial charge on any atom is -0.308 e. The summed E-state index contributed by atoms with van der Waals surface area (Å²) < 4.78 is 25.3. The van der Waals surface area contributed by atoms with Gasteiger partial charge in [-0.1, -0.05) is 18.2 Å². The van der Waals surface area contributed by atoms with E-state index < -0.39 is 10.0 Å². The van der Waals surface area contributed by atoms with Crippen molar-refractivity contribution in [2.75, 3.05) is 27.3 Å². The number of benzene rings is 2. The Morgan fingerprint density at radius 1 is 1.00 bits per heavy atom. The van der Waals surface area contributed by atoms with Crippen molar-refractivity contribution in [1.29, 1.82) is 0 Å². The van der Waals surface area contributed by atoms with Crippen molar-refractivity contribution in [3.8, 4) is 11.1 Å². The first-order chi connectivity index (χ1) is 14.1. The van der Waals surface area contributed by atoms with Crippen LogP contribution in [-0.4, -0.2) is 39.1 Å². The van der Waals surface area contributed by atoms with Crippen LogP contribution in [-0.2, 0) is 19.6 Å². The molecule has 2 aliphatic rings. The zero-order valence-electron chi connectivity index (χ0n) is 17.3. The number of amides is 2. The molecule has 1 aliphatic heterocycles. The van der Waals surface area contributed by atoms with E-state index in [0.29, 0.717) is 12.2 Å². The van der Waals surface area contributed by atoms with Gasteiger partial charge in [-0.15, -0.1) is 0 Å². The van der Waals surface area contributed by atoms with Gasteiger partial charge in [0.2, 0.25) is 21.8 Å². The van der Waals surface area contributed by atoms with Crippen LogP contribution < -0.4 is 14.5 Å². The Kier molecular flexibility index (Phi) is 5.05. The normalized spacial score (nSPS) is 18.7. The quantitative estimate of drug-likeness (QED) is 0.812. The van der Waals surface area contributed by atoms with Gasteiger partial charge < -0.3 is 9.80 Å². The van der Waals surface area contributed by atoms with Gasteiger partial charge in [0.25, 0.3) is 0 Å². The molecule has 0 saturated heterocycles. The number of hydrogen-bond donors (Lipinski definition) is 1. The Hall–Kier alpha value is -2.87. The molecule has 2 aromatic rings. The molecule has 4 rings (SSSR count). The van der Waals surface area contributed by atoms with E-state index in [1.54, 1.807) is 24.0 Å². The molecule has 7 nitrogen and oxygen atoms in total. The first kappa shape index (κ1) is 20.4. The summed E-state index contributed by atoms with van der Waals surface area (Å²) in [5.41, 5.74) is 3.77. The van der Waals surface area contributed by atoms with Crippen LogP contribution in [0.15, 0.2) is 42.5 Å². The lowest BCUT2D eigenvalue weighted by Gasteiger charge is -2.41. The minimum absolute atomic E-state index is 0.0498. The number of nitrogens with one attached hydrogen (secondary N) is 1. The van der Waals surface area contributed by atoms with Crippen LogP contribution in [0.25, 0.3) is 11.1 Å². The summed E-state index contributed by atoms with van der Waals surface area (Å²) in [6.45, 7) is 3.97. The Labute approximate surface area is 176 Å². The fraction of sp³-hybridized carbons (Fsp3) is 0.364. The third kappa shape index (κ3) is 4.05. The highest BCUT2D eigenvalue weighted by atomic mass is 32.2. The molecule has 1 atom stereocenters. The number of hydrogen-bond acceptors (Lipinski definition) is 4. The van der Waals surface area contributed by atoms with Gasteiger partial charge in [-0.3, -0.25) is 14.3 Å². The van der Waals surface area contributed by atoms with E-state index in [-0.39, 0.29) is 23.8 Å². The average molecular weight is 428 g/mol. The number of rotatable bonds is 4. The third-order valence-electron chi connectivity index (χ3n) is 5.47. The molecule has 158 valence electrons. The topological polar surface area (TPSA) is 86.8 Å². The molecule has 1 fully saturated rings. The second kappa shape index (κ2) is 7.43. The fourth-order valence-corrected chi connectivity index (χ4v) is 4.55. The first-order valence-corrected chi connectivity index (χ1v) is 11.9. The molecule has 2 amide bonds. The Bertz CT molecular complexity index is 1110. The highest BCUT2D eigenvalue weighted by Gasteiger charge is 2.39. The number of carbonyl (C=O) groups is 2. The predicted octanol–water partition coefficient (Wildman–Crippen LogP) is 3.22. The fourth-order valence-electron chi connectivity index (χ4n) is 3.99. The maximum absolute atomic E-state index is 12.9. The maximum Gasteiger partial charge on any atom is 0.230 e.